The molecule has 7 heteroatoms. The van der Waals surface area contributed by atoms with Gasteiger partial charge in [0.25, 0.3) is 0 Å². The van der Waals surface area contributed by atoms with E-state index in [0.29, 0.717) is 6.42 Å². The molecule has 0 spiro atoms. The number of hydrogen-bond acceptors (Lipinski definition) is 5. The highest BCUT2D eigenvalue weighted by atomic mass is 32.1. The van der Waals surface area contributed by atoms with Gasteiger partial charge in [0.2, 0.25) is 5.91 Å². The Morgan fingerprint density at radius 3 is 3.20 bits per heavy atom. The number of rotatable bonds is 4. The molecule has 3 rings (SSSR count). The summed E-state index contributed by atoms with van der Waals surface area (Å²) in [6.07, 6.45) is 6.61. The maximum absolute atomic E-state index is 12.3. The van der Waals surface area contributed by atoms with Crippen molar-refractivity contribution >= 4 is 17.2 Å². The van der Waals surface area contributed by atoms with Gasteiger partial charge in [-0.3, -0.25) is 4.79 Å². The average molecular weight is 291 g/mol. The number of aromatic nitrogens is 4. The number of amides is 1. The van der Waals surface area contributed by atoms with Gasteiger partial charge < -0.3 is 4.90 Å². The van der Waals surface area contributed by atoms with Crippen molar-refractivity contribution in [3.8, 4) is 0 Å². The summed E-state index contributed by atoms with van der Waals surface area (Å²) in [5, 5.41) is 6.18. The molecule has 0 aliphatic carbocycles. The second kappa shape index (κ2) is 6.13. The zero-order valence-corrected chi connectivity index (χ0v) is 12.0. The van der Waals surface area contributed by atoms with Crippen molar-refractivity contribution in [1.29, 1.82) is 0 Å². The SMILES string of the molecule is O=C(CCc1cscn1)N1CCC[C@@H](n2cncn2)C1. The average Bonchev–Trinajstić information content (AvgIpc) is 3.18. The van der Waals surface area contributed by atoms with Crippen molar-refractivity contribution in [1.82, 2.24) is 24.6 Å². The maximum Gasteiger partial charge on any atom is 0.223 e. The minimum absolute atomic E-state index is 0.211. The van der Waals surface area contributed by atoms with E-state index in [-0.39, 0.29) is 11.9 Å². The number of hydrogen-bond donors (Lipinski definition) is 0. The number of carbonyl (C=O) groups is 1. The second-order valence-corrected chi connectivity index (χ2v) is 5.71. The van der Waals surface area contributed by atoms with Crippen molar-refractivity contribution in [3.05, 3.63) is 29.2 Å². The maximum atomic E-state index is 12.3. The summed E-state index contributed by atoms with van der Waals surface area (Å²) in [4.78, 5) is 22.4. The molecule has 3 heterocycles. The molecule has 0 radical (unpaired) electrons. The Balaban J connectivity index is 1.55. The van der Waals surface area contributed by atoms with Crippen LogP contribution in [0.2, 0.25) is 0 Å². The molecule has 1 aliphatic rings. The second-order valence-electron chi connectivity index (χ2n) is 4.99. The molecule has 1 atom stereocenters. The van der Waals surface area contributed by atoms with Gasteiger partial charge in [0.15, 0.2) is 0 Å². The van der Waals surface area contributed by atoms with Crippen molar-refractivity contribution < 1.29 is 4.79 Å². The van der Waals surface area contributed by atoms with E-state index in [0.717, 1.165) is 38.0 Å². The van der Waals surface area contributed by atoms with Crippen LogP contribution in [0, 0.1) is 0 Å². The van der Waals surface area contributed by atoms with Crippen LogP contribution in [0.15, 0.2) is 23.5 Å². The molecular weight excluding hydrogens is 274 g/mol. The van der Waals surface area contributed by atoms with E-state index in [1.54, 1.807) is 29.5 Å². The summed E-state index contributed by atoms with van der Waals surface area (Å²) in [7, 11) is 0. The van der Waals surface area contributed by atoms with E-state index >= 15 is 0 Å². The van der Waals surface area contributed by atoms with Crippen molar-refractivity contribution in [3.63, 3.8) is 0 Å². The molecule has 0 aromatic carbocycles. The molecule has 0 N–H and O–H groups in total. The summed E-state index contributed by atoms with van der Waals surface area (Å²) in [5.41, 5.74) is 2.81. The Labute approximate surface area is 121 Å². The number of carbonyl (C=O) groups excluding carboxylic acids is 1. The van der Waals surface area contributed by atoms with Gasteiger partial charge in [-0.15, -0.1) is 11.3 Å². The summed E-state index contributed by atoms with van der Waals surface area (Å²) in [6, 6.07) is 0.259. The third-order valence-electron chi connectivity index (χ3n) is 3.64. The van der Waals surface area contributed by atoms with Crippen molar-refractivity contribution in [2.45, 2.75) is 31.7 Å². The zero-order chi connectivity index (χ0) is 13.8. The smallest absolute Gasteiger partial charge is 0.223 e. The Morgan fingerprint density at radius 2 is 2.45 bits per heavy atom. The minimum Gasteiger partial charge on any atom is -0.341 e. The van der Waals surface area contributed by atoms with E-state index in [1.807, 2.05) is 15.0 Å². The topological polar surface area (TPSA) is 63.9 Å². The zero-order valence-electron chi connectivity index (χ0n) is 11.2. The van der Waals surface area contributed by atoms with Crippen LogP contribution < -0.4 is 0 Å². The standard InChI is InChI=1S/C13H17N5OS/c19-13(4-3-11-7-20-10-15-11)17-5-1-2-12(6-17)18-9-14-8-16-18/h7-10,12H,1-6H2/t12-/m1/s1. The lowest BCUT2D eigenvalue weighted by Crippen LogP contribution is -2.40. The Hall–Kier alpha value is -1.76. The molecule has 0 unspecified atom stereocenters. The van der Waals surface area contributed by atoms with E-state index in [9.17, 15) is 4.79 Å². The highest BCUT2D eigenvalue weighted by molar-refractivity contribution is 7.07. The van der Waals surface area contributed by atoms with Gasteiger partial charge in [-0.05, 0) is 19.3 Å². The van der Waals surface area contributed by atoms with Crippen LogP contribution in [0.1, 0.15) is 31.0 Å². The molecule has 1 saturated heterocycles. The number of thiazole rings is 1. The third kappa shape index (κ3) is 3.04. The summed E-state index contributed by atoms with van der Waals surface area (Å²) < 4.78 is 1.86. The molecule has 20 heavy (non-hydrogen) atoms. The van der Waals surface area contributed by atoms with Crippen LogP contribution in [0.5, 0.6) is 0 Å². The predicted molar refractivity (Wildman–Crippen MR) is 75.3 cm³/mol. The van der Waals surface area contributed by atoms with Gasteiger partial charge in [0.05, 0.1) is 17.2 Å². The van der Waals surface area contributed by atoms with E-state index in [1.165, 1.54) is 0 Å². The fourth-order valence-corrected chi connectivity index (χ4v) is 3.15. The van der Waals surface area contributed by atoms with Gasteiger partial charge >= 0.3 is 0 Å². The molecule has 2 aromatic heterocycles. The lowest BCUT2D eigenvalue weighted by Gasteiger charge is -2.32. The number of aryl methyl sites for hydroxylation is 1. The van der Waals surface area contributed by atoms with Crippen molar-refractivity contribution in [2.75, 3.05) is 13.1 Å². The largest absolute Gasteiger partial charge is 0.341 e. The summed E-state index contributed by atoms with van der Waals surface area (Å²) in [6.45, 7) is 1.58. The lowest BCUT2D eigenvalue weighted by molar-refractivity contribution is -0.132. The number of piperidine rings is 1. The first kappa shape index (κ1) is 13.2. The first-order valence-corrected chi connectivity index (χ1v) is 7.76. The Bertz CT molecular complexity index is 539. The first-order chi connectivity index (χ1) is 9.83. The third-order valence-corrected chi connectivity index (χ3v) is 4.27. The number of nitrogens with zero attached hydrogens (tertiary/aromatic N) is 5. The van der Waals surface area contributed by atoms with E-state index < -0.39 is 0 Å². The van der Waals surface area contributed by atoms with Gasteiger partial charge in [0.1, 0.15) is 12.7 Å². The van der Waals surface area contributed by atoms with Crippen LogP contribution in [0.25, 0.3) is 0 Å². The van der Waals surface area contributed by atoms with Crippen molar-refractivity contribution in [2.24, 2.45) is 0 Å². The molecule has 2 aromatic rings. The van der Waals surface area contributed by atoms with Crippen LogP contribution in [0.4, 0.5) is 0 Å². The fraction of sp³-hybridized carbons (Fsp3) is 0.538. The normalized spacial score (nSPS) is 19.2. The highest BCUT2D eigenvalue weighted by Crippen LogP contribution is 2.21. The lowest BCUT2D eigenvalue weighted by atomic mass is 10.1. The minimum atomic E-state index is 0.211. The molecule has 0 saturated carbocycles. The van der Waals surface area contributed by atoms with E-state index in [2.05, 4.69) is 15.1 Å². The van der Waals surface area contributed by atoms with Gasteiger partial charge in [0, 0.05) is 24.9 Å². The van der Waals surface area contributed by atoms with Gasteiger partial charge in [-0.1, -0.05) is 0 Å². The number of likely N-dealkylation sites (tertiary alicyclic amines) is 1. The summed E-state index contributed by atoms with van der Waals surface area (Å²) >= 11 is 1.57. The Morgan fingerprint density at radius 1 is 1.50 bits per heavy atom. The van der Waals surface area contributed by atoms with E-state index in [4.69, 9.17) is 0 Å². The van der Waals surface area contributed by atoms with Gasteiger partial charge in [-0.25, -0.2) is 14.6 Å². The fourth-order valence-electron chi connectivity index (χ4n) is 2.56. The van der Waals surface area contributed by atoms with Crippen LogP contribution in [-0.4, -0.2) is 43.6 Å². The molecule has 1 aliphatic heterocycles. The molecule has 1 amide bonds. The quantitative estimate of drug-likeness (QED) is 0.857. The first-order valence-electron chi connectivity index (χ1n) is 6.82. The predicted octanol–water partition coefficient (Wildman–Crippen LogP) is 1.53. The molecular formula is C13H17N5OS. The van der Waals surface area contributed by atoms with Gasteiger partial charge in [-0.2, -0.15) is 5.10 Å². The van der Waals surface area contributed by atoms with Crippen LogP contribution in [-0.2, 0) is 11.2 Å². The molecule has 1 fully saturated rings. The Kier molecular flexibility index (Phi) is 4.05. The molecule has 0 bridgehead atoms. The van der Waals surface area contributed by atoms with Crippen LogP contribution in [0.3, 0.4) is 0 Å². The summed E-state index contributed by atoms with van der Waals surface area (Å²) in [5.74, 6) is 0.211. The molecule has 106 valence electrons. The monoisotopic (exact) mass is 291 g/mol. The molecule has 6 nitrogen and oxygen atoms in total. The van der Waals surface area contributed by atoms with Crippen LogP contribution >= 0.6 is 11.3 Å². The highest BCUT2D eigenvalue weighted by Gasteiger charge is 2.24.